The average Bonchev–Trinajstić information content (AvgIpc) is 2.29. The predicted octanol–water partition coefficient (Wildman–Crippen LogP) is 2.20. The minimum Gasteiger partial charge on any atom is -0.303 e. The topological polar surface area (TPSA) is 6.48 Å². The quantitative estimate of drug-likeness (QED) is 0.707. The van der Waals surface area contributed by atoms with Gasteiger partial charge in [0.15, 0.2) is 0 Å². The van der Waals surface area contributed by atoms with E-state index in [2.05, 4.69) is 16.7 Å². The molecule has 2 heteroatoms. The van der Waals surface area contributed by atoms with Gasteiger partial charge in [0.1, 0.15) is 0 Å². The number of likely N-dealkylation sites (tertiary alicyclic amines) is 1. The van der Waals surface area contributed by atoms with Crippen molar-refractivity contribution in [3.05, 3.63) is 0 Å². The molecule has 3 aliphatic rings. The number of rotatable bonds is 2. The van der Waals surface area contributed by atoms with Crippen molar-refractivity contribution in [2.75, 3.05) is 32.7 Å². The van der Waals surface area contributed by atoms with Crippen LogP contribution in [0.1, 0.15) is 39.0 Å². The van der Waals surface area contributed by atoms with E-state index >= 15 is 0 Å². The Balaban J connectivity index is 1.68. The van der Waals surface area contributed by atoms with E-state index in [1.54, 1.807) is 0 Å². The first-order valence-corrected chi connectivity index (χ1v) is 7.33. The second kappa shape index (κ2) is 4.66. The Morgan fingerprint density at radius 2 is 2.06 bits per heavy atom. The van der Waals surface area contributed by atoms with Crippen molar-refractivity contribution in [2.45, 2.75) is 45.1 Å². The molecule has 16 heavy (non-hydrogen) atoms. The minimum atomic E-state index is 0.949. The molecule has 3 heterocycles. The van der Waals surface area contributed by atoms with Gasteiger partial charge in [0.25, 0.3) is 0 Å². The lowest BCUT2D eigenvalue weighted by Crippen LogP contribution is -2.58. The fraction of sp³-hybridized carbons (Fsp3) is 1.00. The molecule has 0 amide bonds. The van der Waals surface area contributed by atoms with Crippen LogP contribution in [0.5, 0.6) is 0 Å². The summed E-state index contributed by atoms with van der Waals surface area (Å²) in [6, 6.07) is 0.949. The molecule has 0 unspecified atom stereocenters. The molecule has 3 fully saturated rings. The molecule has 3 saturated heterocycles. The highest BCUT2D eigenvalue weighted by atomic mass is 15.2. The molecule has 3 rings (SSSR count). The fourth-order valence-corrected chi connectivity index (χ4v) is 4.37. The van der Waals surface area contributed by atoms with Crippen molar-refractivity contribution in [1.82, 2.24) is 9.80 Å². The van der Waals surface area contributed by atoms with Gasteiger partial charge >= 0.3 is 0 Å². The number of nitrogens with zero attached hydrogens (tertiary/aromatic N) is 2. The van der Waals surface area contributed by atoms with Crippen molar-refractivity contribution in [2.24, 2.45) is 11.8 Å². The lowest BCUT2D eigenvalue weighted by Gasteiger charge is -2.52. The smallest absolute Gasteiger partial charge is 0.0136 e. The van der Waals surface area contributed by atoms with Crippen LogP contribution in [0.15, 0.2) is 0 Å². The molecule has 0 aromatic carbocycles. The number of piperidine rings is 3. The van der Waals surface area contributed by atoms with Crippen LogP contribution >= 0.6 is 0 Å². The summed E-state index contributed by atoms with van der Waals surface area (Å²) in [4.78, 5) is 5.57. The first-order valence-electron chi connectivity index (χ1n) is 7.33. The summed E-state index contributed by atoms with van der Waals surface area (Å²) >= 11 is 0. The monoisotopic (exact) mass is 222 g/mol. The van der Waals surface area contributed by atoms with Crippen LogP contribution in [0.4, 0.5) is 0 Å². The van der Waals surface area contributed by atoms with Crippen molar-refractivity contribution >= 4 is 0 Å². The summed E-state index contributed by atoms with van der Waals surface area (Å²) in [5, 5.41) is 0. The lowest BCUT2D eigenvalue weighted by atomic mass is 9.76. The van der Waals surface area contributed by atoms with Gasteiger partial charge in [-0.05, 0) is 50.6 Å². The van der Waals surface area contributed by atoms with Crippen LogP contribution in [0, 0.1) is 11.8 Å². The van der Waals surface area contributed by atoms with E-state index < -0.39 is 0 Å². The van der Waals surface area contributed by atoms with Gasteiger partial charge < -0.3 is 4.90 Å². The van der Waals surface area contributed by atoms with Crippen molar-refractivity contribution < 1.29 is 0 Å². The van der Waals surface area contributed by atoms with Crippen LogP contribution in [0.2, 0.25) is 0 Å². The highest BCUT2D eigenvalue weighted by Gasteiger charge is 2.41. The molecular weight excluding hydrogens is 196 g/mol. The maximum atomic E-state index is 2.83. The first kappa shape index (κ1) is 11.0. The molecule has 0 radical (unpaired) electrons. The maximum Gasteiger partial charge on any atom is 0.0136 e. The second-order valence-electron chi connectivity index (χ2n) is 6.18. The summed E-state index contributed by atoms with van der Waals surface area (Å²) in [6.07, 6.45) is 7.28. The number of fused-ring (bicyclic) bond motifs is 4. The normalized spacial score (nSPS) is 40.7. The highest BCUT2D eigenvalue weighted by Crippen LogP contribution is 2.37. The van der Waals surface area contributed by atoms with Crippen LogP contribution < -0.4 is 0 Å². The molecule has 0 N–H and O–H groups in total. The SMILES string of the molecule is CCCN1C[C@H]2C[C@H](C1)[C@@H]1CCCCN1C2. The molecule has 0 aliphatic carbocycles. The summed E-state index contributed by atoms with van der Waals surface area (Å²) in [5.41, 5.74) is 0. The molecule has 3 atom stereocenters. The average molecular weight is 222 g/mol. The minimum absolute atomic E-state index is 0.949. The number of hydrogen-bond acceptors (Lipinski definition) is 2. The van der Waals surface area contributed by atoms with E-state index in [9.17, 15) is 0 Å². The molecule has 0 aromatic heterocycles. The van der Waals surface area contributed by atoms with Crippen molar-refractivity contribution in [3.8, 4) is 0 Å². The molecule has 0 spiro atoms. The largest absolute Gasteiger partial charge is 0.303 e. The summed E-state index contributed by atoms with van der Waals surface area (Å²) in [6.45, 7) is 9.23. The van der Waals surface area contributed by atoms with Crippen LogP contribution in [0.3, 0.4) is 0 Å². The summed E-state index contributed by atoms with van der Waals surface area (Å²) in [5.74, 6) is 1.99. The molecule has 2 bridgehead atoms. The predicted molar refractivity (Wildman–Crippen MR) is 67.5 cm³/mol. The highest BCUT2D eigenvalue weighted by molar-refractivity contribution is 4.95. The van der Waals surface area contributed by atoms with Gasteiger partial charge in [0.2, 0.25) is 0 Å². The van der Waals surface area contributed by atoms with Crippen LogP contribution in [0.25, 0.3) is 0 Å². The molecular formula is C14H26N2. The molecule has 92 valence electrons. The maximum absolute atomic E-state index is 2.83. The van der Waals surface area contributed by atoms with Gasteiger partial charge in [-0.25, -0.2) is 0 Å². The van der Waals surface area contributed by atoms with Gasteiger partial charge in [-0.2, -0.15) is 0 Å². The van der Waals surface area contributed by atoms with Crippen LogP contribution in [-0.4, -0.2) is 48.6 Å². The van der Waals surface area contributed by atoms with E-state index in [0.717, 1.165) is 17.9 Å². The molecule has 0 aromatic rings. The second-order valence-corrected chi connectivity index (χ2v) is 6.18. The third-order valence-electron chi connectivity index (χ3n) is 4.89. The zero-order valence-electron chi connectivity index (χ0n) is 10.7. The Morgan fingerprint density at radius 3 is 2.94 bits per heavy atom. The van der Waals surface area contributed by atoms with Gasteiger partial charge in [-0.15, -0.1) is 0 Å². The van der Waals surface area contributed by atoms with Gasteiger partial charge in [0.05, 0.1) is 0 Å². The van der Waals surface area contributed by atoms with E-state index in [0.29, 0.717) is 0 Å². The van der Waals surface area contributed by atoms with Gasteiger partial charge in [-0.1, -0.05) is 13.3 Å². The van der Waals surface area contributed by atoms with Gasteiger partial charge in [-0.3, -0.25) is 4.90 Å². The van der Waals surface area contributed by atoms with Crippen molar-refractivity contribution in [3.63, 3.8) is 0 Å². The zero-order valence-corrected chi connectivity index (χ0v) is 10.7. The van der Waals surface area contributed by atoms with E-state index in [1.807, 2.05) is 0 Å². The Bertz CT molecular complexity index is 239. The Labute approximate surface area is 100.0 Å². The third-order valence-corrected chi connectivity index (χ3v) is 4.89. The standard InChI is InChI=1S/C14H26N2/c1-2-6-15-9-12-8-13(11-15)14-5-3-4-7-16(14)10-12/h12-14H,2-11H2,1H3/t12-,13-,14+/m1/s1. The molecule has 3 aliphatic heterocycles. The third kappa shape index (κ3) is 2.02. The lowest BCUT2D eigenvalue weighted by molar-refractivity contribution is -0.0300. The Kier molecular flexibility index (Phi) is 3.21. The zero-order chi connectivity index (χ0) is 11.0. The van der Waals surface area contributed by atoms with Gasteiger partial charge in [0, 0.05) is 25.7 Å². The Hall–Kier alpha value is -0.0800. The molecule has 2 nitrogen and oxygen atoms in total. The van der Waals surface area contributed by atoms with E-state index in [1.165, 1.54) is 64.8 Å². The summed E-state index contributed by atoms with van der Waals surface area (Å²) in [7, 11) is 0. The fourth-order valence-electron chi connectivity index (χ4n) is 4.37. The first-order chi connectivity index (χ1) is 7.86. The van der Waals surface area contributed by atoms with Crippen molar-refractivity contribution in [1.29, 1.82) is 0 Å². The molecule has 0 saturated carbocycles. The summed E-state index contributed by atoms with van der Waals surface area (Å²) < 4.78 is 0. The number of hydrogen-bond donors (Lipinski definition) is 0. The Morgan fingerprint density at radius 1 is 1.12 bits per heavy atom. The van der Waals surface area contributed by atoms with Crippen LogP contribution in [-0.2, 0) is 0 Å². The van der Waals surface area contributed by atoms with E-state index in [4.69, 9.17) is 0 Å². The van der Waals surface area contributed by atoms with E-state index in [-0.39, 0.29) is 0 Å².